The molecule has 6 nitrogen and oxygen atoms in total. The molecule has 0 unspecified atom stereocenters. The fourth-order valence-electron chi connectivity index (χ4n) is 4.92. The van der Waals surface area contributed by atoms with Gasteiger partial charge in [0.25, 0.3) is 0 Å². The predicted octanol–water partition coefficient (Wildman–Crippen LogP) is 6.06. The van der Waals surface area contributed by atoms with Crippen molar-refractivity contribution >= 4 is 22.6 Å². The van der Waals surface area contributed by atoms with Crippen LogP contribution in [0.3, 0.4) is 0 Å². The summed E-state index contributed by atoms with van der Waals surface area (Å²) in [4.78, 5) is 16.7. The average Bonchev–Trinajstić information content (AvgIpc) is 3.16. The number of nitrogens with zero attached hydrogens (tertiary/aromatic N) is 2. The van der Waals surface area contributed by atoms with Gasteiger partial charge in [-0.1, -0.05) is 54.6 Å². The topological polar surface area (TPSA) is 84.6 Å². The summed E-state index contributed by atoms with van der Waals surface area (Å²) >= 11 is 0. The molecule has 1 aromatic heterocycles. The molecule has 4 aromatic carbocycles. The number of imidazole rings is 1. The molecule has 6 rings (SSSR count). The first-order valence-electron chi connectivity index (χ1n) is 12.1. The molecule has 0 amide bonds. The number of phenols is 1. The van der Waals surface area contributed by atoms with Gasteiger partial charge in [-0.25, -0.2) is 9.78 Å². The Morgan fingerprint density at radius 1 is 0.946 bits per heavy atom. The van der Waals surface area contributed by atoms with Crippen LogP contribution < -0.4 is 4.74 Å². The first-order chi connectivity index (χ1) is 18.1. The molecule has 1 aliphatic rings. The number of aromatic nitrogens is 2. The molecule has 0 radical (unpaired) electrons. The van der Waals surface area contributed by atoms with Crippen molar-refractivity contribution in [1.82, 2.24) is 9.55 Å². The molecule has 2 N–H and O–H groups in total. The van der Waals surface area contributed by atoms with Crippen molar-refractivity contribution < 1.29 is 19.7 Å². The lowest BCUT2D eigenvalue weighted by Gasteiger charge is -2.13. The minimum atomic E-state index is -0.978. The zero-order chi connectivity index (χ0) is 25.4. The van der Waals surface area contributed by atoms with Crippen LogP contribution in [0.25, 0.3) is 16.6 Å². The Morgan fingerprint density at radius 2 is 1.78 bits per heavy atom. The monoisotopic (exact) mass is 488 g/mol. The summed E-state index contributed by atoms with van der Waals surface area (Å²) < 4.78 is 8.25. The van der Waals surface area contributed by atoms with Gasteiger partial charge in [-0.3, -0.25) is 0 Å². The Kier molecular flexibility index (Phi) is 5.69. The van der Waals surface area contributed by atoms with Gasteiger partial charge in [0.05, 0.1) is 16.6 Å². The Bertz CT molecular complexity index is 1680. The third-order valence-electron chi connectivity index (χ3n) is 6.69. The van der Waals surface area contributed by atoms with Crippen LogP contribution in [-0.2, 0) is 19.6 Å². The maximum atomic E-state index is 11.8. The van der Waals surface area contributed by atoms with Gasteiger partial charge < -0.3 is 19.5 Å². The van der Waals surface area contributed by atoms with Crippen LogP contribution in [-0.4, -0.2) is 25.7 Å². The fourth-order valence-corrected chi connectivity index (χ4v) is 4.92. The van der Waals surface area contributed by atoms with E-state index in [-0.39, 0.29) is 11.3 Å². The standard InChI is InChI=1S/C31H24N2O4/c34-23-8-5-6-20(16-23)17-30-32-27-10-3-4-11-28(27)33(30)15-14-25-24-9-2-1-7-22(24)19-37-29-13-12-21(31(35)36)18-26(25)29/h1-14,16,18,34H,15,17,19H2,(H,35,36). The SMILES string of the molecule is O=C(O)c1ccc2c(c1)C(=CCn1c(Cc3cccc(O)c3)nc3ccccc31)c1ccccc1CO2. The number of carbonyl (C=O) groups is 1. The summed E-state index contributed by atoms with van der Waals surface area (Å²) in [6.07, 6.45) is 2.68. The lowest BCUT2D eigenvalue weighted by molar-refractivity contribution is 0.0696. The molecular formula is C31H24N2O4. The molecule has 0 spiro atoms. The number of hydrogen-bond acceptors (Lipinski definition) is 4. The van der Waals surface area contributed by atoms with Crippen molar-refractivity contribution in [2.75, 3.05) is 0 Å². The lowest BCUT2D eigenvalue weighted by Crippen LogP contribution is -2.05. The Labute approximate surface area is 213 Å². The van der Waals surface area contributed by atoms with E-state index >= 15 is 0 Å². The summed E-state index contributed by atoms with van der Waals surface area (Å²) in [7, 11) is 0. The van der Waals surface area contributed by atoms with Gasteiger partial charge in [0.2, 0.25) is 0 Å². The number of ether oxygens (including phenoxy) is 1. The van der Waals surface area contributed by atoms with E-state index in [1.165, 1.54) is 0 Å². The maximum absolute atomic E-state index is 11.8. The van der Waals surface area contributed by atoms with Crippen LogP contribution in [0.4, 0.5) is 0 Å². The van der Waals surface area contributed by atoms with Crippen molar-refractivity contribution in [3.05, 3.63) is 131 Å². The molecule has 0 fully saturated rings. The number of fused-ring (bicyclic) bond motifs is 3. The number of allylic oxidation sites excluding steroid dienone is 1. The number of rotatable bonds is 5. The average molecular weight is 489 g/mol. The second kappa shape index (κ2) is 9.32. The van der Waals surface area contributed by atoms with Crippen molar-refractivity contribution in [2.45, 2.75) is 19.6 Å². The summed E-state index contributed by atoms with van der Waals surface area (Å²) in [6.45, 7) is 0.929. The smallest absolute Gasteiger partial charge is 0.335 e. The summed E-state index contributed by atoms with van der Waals surface area (Å²) in [5.41, 5.74) is 6.82. The Hall–Kier alpha value is -4.84. The largest absolute Gasteiger partial charge is 0.508 e. The van der Waals surface area contributed by atoms with Crippen LogP contribution in [0.5, 0.6) is 11.5 Å². The van der Waals surface area contributed by atoms with Gasteiger partial charge in [-0.15, -0.1) is 0 Å². The molecule has 0 aliphatic carbocycles. The minimum absolute atomic E-state index is 0.213. The molecule has 1 aliphatic heterocycles. The number of hydrogen-bond donors (Lipinski definition) is 2. The van der Waals surface area contributed by atoms with Gasteiger partial charge in [-0.05, 0) is 64.7 Å². The summed E-state index contributed by atoms with van der Waals surface area (Å²) in [6, 6.07) is 28.3. The third kappa shape index (κ3) is 4.34. The lowest BCUT2D eigenvalue weighted by atomic mass is 9.93. The van der Waals surface area contributed by atoms with E-state index in [9.17, 15) is 15.0 Å². The highest BCUT2D eigenvalue weighted by Crippen LogP contribution is 2.37. The van der Waals surface area contributed by atoms with E-state index in [4.69, 9.17) is 9.72 Å². The van der Waals surface area contributed by atoms with Crippen LogP contribution in [0.15, 0.2) is 97.1 Å². The van der Waals surface area contributed by atoms with Gasteiger partial charge in [0.15, 0.2) is 0 Å². The third-order valence-corrected chi connectivity index (χ3v) is 6.69. The van der Waals surface area contributed by atoms with Crippen molar-refractivity contribution in [3.8, 4) is 11.5 Å². The molecule has 0 bridgehead atoms. The Morgan fingerprint density at radius 3 is 2.65 bits per heavy atom. The van der Waals surface area contributed by atoms with E-state index in [2.05, 4.69) is 10.6 Å². The van der Waals surface area contributed by atoms with Gasteiger partial charge >= 0.3 is 5.97 Å². The number of para-hydroxylation sites is 2. The fraction of sp³-hybridized carbons (Fsp3) is 0.0968. The van der Waals surface area contributed by atoms with Crippen LogP contribution >= 0.6 is 0 Å². The maximum Gasteiger partial charge on any atom is 0.335 e. The molecule has 6 heteroatoms. The number of carboxylic acids is 1. The van der Waals surface area contributed by atoms with Crippen LogP contribution in [0.2, 0.25) is 0 Å². The number of benzene rings is 4. The van der Waals surface area contributed by atoms with Gasteiger partial charge in [0.1, 0.15) is 23.9 Å². The number of aromatic carboxylic acids is 1. The normalized spacial score (nSPS) is 13.6. The molecule has 2 heterocycles. The number of aromatic hydroxyl groups is 1. The molecule has 0 saturated heterocycles. The van der Waals surface area contributed by atoms with Crippen molar-refractivity contribution in [2.24, 2.45) is 0 Å². The van der Waals surface area contributed by atoms with E-state index in [0.717, 1.165) is 44.7 Å². The predicted molar refractivity (Wildman–Crippen MR) is 142 cm³/mol. The first-order valence-corrected chi connectivity index (χ1v) is 12.1. The second-order valence-electron chi connectivity index (χ2n) is 9.05. The summed E-state index contributed by atoms with van der Waals surface area (Å²) in [5, 5.41) is 19.6. The van der Waals surface area contributed by atoms with Crippen molar-refractivity contribution in [3.63, 3.8) is 0 Å². The molecule has 0 saturated carbocycles. The molecule has 37 heavy (non-hydrogen) atoms. The van der Waals surface area contributed by atoms with E-state index in [0.29, 0.717) is 25.3 Å². The van der Waals surface area contributed by atoms with Gasteiger partial charge in [-0.2, -0.15) is 0 Å². The second-order valence-corrected chi connectivity index (χ2v) is 9.05. The zero-order valence-corrected chi connectivity index (χ0v) is 20.0. The number of phenolic OH excluding ortho intramolecular Hbond substituents is 1. The Balaban J connectivity index is 1.49. The van der Waals surface area contributed by atoms with E-state index < -0.39 is 5.97 Å². The number of carboxylic acid groups (broad SMARTS) is 1. The first kappa shape index (κ1) is 22.6. The van der Waals surface area contributed by atoms with E-state index in [1.807, 2.05) is 60.7 Å². The molecule has 5 aromatic rings. The van der Waals surface area contributed by atoms with Crippen LogP contribution in [0.1, 0.15) is 38.4 Å². The summed E-state index contributed by atoms with van der Waals surface area (Å²) in [5.74, 6) is 0.779. The minimum Gasteiger partial charge on any atom is -0.508 e. The quantitative estimate of drug-likeness (QED) is 0.314. The highest BCUT2D eigenvalue weighted by molar-refractivity contribution is 5.92. The highest BCUT2D eigenvalue weighted by atomic mass is 16.5. The van der Waals surface area contributed by atoms with Crippen LogP contribution in [0, 0.1) is 0 Å². The van der Waals surface area contributed by atoms with Gasteiger partial charge in [0, 0.05) is 18.5 Å². The molecular weight excluding hydrogens is 464 g/mol. The zero-order valence-electron chi connectivity index (χ0n) is 20.0. The van der Waals surface area contributed by atoms with E-state index in [1.54, 1.807) is 30.3 Å². The van der Waals surface area contributed by atoms with Crippen molar-refractivity contribution in [1.29, 1.82) is 0 Å². The molecule has 0 atom stereocenters. The highest BCUT2D eigenvalue weighted by Gasteiger charge is 2.21. The molecule has 182 valence electrons.